The number of hydrogen-bond acceptors (Lipinski definition) is 3. The maximum absolute atomic E-state index is 13.5. The topological polar surface area (TPSA) is 70.0 Å². The van der Waals surface area contributed by atoms with Crippen LogP contribution in [-0.4, -0.2) is 11.7 Å². The molecule has 0 aliphatic heterocycles. The van der Waals surface area contributed by atoms with Crippen molar-refractivity contribution in [1.29, 1.82) is 5.26 Å². The van der Waals surface area contributed by atoms with Crippen molar-refractivity contribution >= 4 is 17.4 Å². The molecule has 0 aliphatic rings. The first kappa shape index (κ1) is 13.8. The Morgan fingerprint density at radius 2 is 2.17 bits per heavy atom. The van der Waals surface area contributed by atoms with Gasteiger partial charge in [0.05, 0.1) is 11.8 Å². The van der Waals surface area contributed by atoms with Crippen LogP contribution < -0.4 is 5.32 Å². The Hall–Kier alpha value is -2.22. The first-order valence-electron chi connectivity index (χ1n) is 5.52. The Morgan fingerprint density at radius 3 is 2.72 bits per heavy atom. The largest absolute Gasteiger partial charge is 0.322 e. The van der Waals surface area contributed by atoms with Crippen LogP contribution in [0.2, 0.25) is 0 Å². The highest BCUT2D eigenvalue weighted by Gasteiger charge is 2.15. The molecule has 0 radical (unpaired) electrons. The van der Waals surface area contributed by atoms with Crippen LogP contribution in [0.5, 0.6) is 0 Å². The van der Waals surface area contributed by atoms with Crippen LogP contribution in [0.4, 0.5) is 10.1 Å². The number of nitrogens with zero attached hydrogens (tertiary/aromatic N) is 1. The zero-order valence-electron chi connectivity index (χ0n) is 10.2. The van der Waals surface area contributed by atoms with Gasteiger partial charge in [0.2, 0.25) is 5.91 Å². The lowest BCUT2D eigenvalue weighted by Gasteiger charge is -2.08. The molecule has 94 valence electrons. The van der Waals surface area contributed by atoms with E-state index in [1.54, 1.807) is 13.0 Å². The lowest BCUT2D eigenvalue weighted by molar-refractivity contribution is -0.117. The number of hydrogen-bond donors (Lipinski definition) is 1. The van der Waals surface area contributed by atoms with Gasteiger partial charge in [-0.25, -0.2) is 4.39 Å². The van der Waals surface area contributed by atoms with E-state index in [1.165, 1.54) is 19.1 Å². The average molecular weight is 248 g/mol. The molecule has 0 heterocycles. The summed E-state index contributed by atoms with van der Waals surface area (Å²) in [6.07, 6.45) is 0.299. The van der Waals surface area contributed by atoms with Crippen molar-refractivity contribution in [2.24, 2.45) is 5.92 Å². The molecular weight excluding hydrogens is 235 g/mol. The summed E-state index contributed by atoms with van der Waals surface area (Å²) in [5.74, 6) is -2.26. The Labute approximate surface area is 104 Å². The van der Waals surface area contributed by atoms with E-state index in [4.69, 9.17) is 5.26 Å². The zero-order valence-corrected chi connectivity index (χ0v) is 10.2. The first-order valence-corrected chi connectivity index (χ1v) is 5.52. The molecule has 1 aromatic carbocycles. The highest BCUT2D eigenvalue weighted by molar-refractivity contribution is 5.99. The zero-order chi connectivity index (χ0) is 13.7. The van der Waals surface area contributed by atoms with Crippen molar-refractivity contribution in [2.75, 3.05) is 5.32 Å². The number of ketones is 1. The van der Waals surface area contributed by atoms with E-state index in [0.717, 1.165) is 6.07 Å². The number of carbonyl (C=O) groups is 2. The van der Waals surface area contributed by atoms with Crippen LogP contribution in [0.3, 0.4) is 0 Å². The van der Waals surface area contributed by atoms with Crippen LogP contribution in [0.15, 0.2) is 18.2 Å². The molecule has 1 amide bonds. The van der Waals surface area contributed by atoms with E-state index in [-0.39, 0.29) is 11.5 Å². The Morgan fingerprint density at radius 1 is 1.50 bits per heavy atom. The van der Waals surface area contributed by atoms with E-state index in [0.29, 0.717) is 12.0 Å². The van der Waals surface area contributed by atoms with E-state index < -0.39 is 17.6 Å². The summed E-state index contributed by atoms with van der Waals surface area (Å²) < 4.78 is 13.5. The fraction of sp³-hybridized carbons (Fsp3) is 0.308. The van der Waals surface area contributed by atoms with Gasteiger partial charge in [-0.15, -0.1) is 0 Å². The number of anilines is 1. The first-order chi connectivity index (χ1) is 8.49. The number of halogens is 1. The highest BCUT2D eigenvalue weighted by atomic mass is 19.1. The standard InChI is InChI=1S/C13H13FN2O2/c1-3-12(17)9-4-5-10(14)11(6-9)16-13(18)8(2)7-15/h4-6,8H,3H2,1-2H3,(H,16,18). The van der Waals surface area contributed by atoms with E-state index in [9.17, 15) is 14.0 Å². The molecule has 1 unspecified atom stereocenters. The molecule has 0 bridgehead atoms. The highest BCUT2D eigenvalue weighted by Crippen LogP contribution is 2.18. The number of rotatable bonds is 4. The summed E-state index contributed by atoms with van der Waals surface area (Å²) in [5.41, 5.74) is 0.250. The molecule has 0 aliphatic carbocycles. The third-order valence-electron chi connectivity index (χ3n) is 2.45. The molecule has 18 heavy (non-hydrogen) atoms. The van der Waals surface area contributed by atoms with Gasteiger partial charge in [0.25, 0.3) is 0 Å². The van der Waals surface area contributed by atoms with Gasteiger partial charge in [-0.1, -0.05) is 6.92 Å². The van der Waals surface area contributed by atoms with Crippen LogP contribution in [0, 0.1) is 23.1 Å². The smallest absolute Gasteiger partial charge is 0.241 e. The van der Waals surface area contributed by atoms with Crippen molar-refractivity contribution in [3.8, 4) is 6.07 Å². The van der Waals surface area contributed by atoms with Crippen LogP contribution in [-0.2, 0) is 4.79 Å². The molecule has 1 aromatic rings. The van der Waals surface area contributed by atoms with E-state index in [2.05, 4.69) is 5.32 Å². The maximum Gasteiger partial charge on any atom is 0.241 e. The Balaban J connectivity index is 2.99. The normalized spacial score (nSPS) is 11.4. The summed E-state index contributed by atoms with van der Waals surface area (Å²) >= 11 is 0. The van der Waals surface area contributed by atoms with Gasteiger partial charge in [0.15, 0.2) is 5.78 Å². The summed E-state index contributed by atoms with van der Waals surface area (Å²) in [6.45, 7) is 3.11. The van der Waals surface area contributed by atoms with E-state index >= 15 is 0 Å². The van der Waals surface area contributed by atoms with Gasteiger partial charge in [-0.2, -0.15) is 5.26 Å². The lowest BCUT2D eigenvalue weighted by atomic mass is 10.1. The number of nitriles is 1. The molecule has 1 atom stereocenters. The number of amides is 1. The molecule has 0 spiro atoms. The molecule has 0 saturated carbocycles. The molecule has 1 rings (SSSR count). The second-order valence-electron chi connectivity index (χ2n) is 3.81. The predicted molar refractivity (Wildman–Crippen MR) is 64.4 cm³/mol. The van der Waals surface area contributed by atoms with Crippen LogP contribution in [0.1, 0.15) is 30.6 Å². The van der Waals surface area contributed by atoms with Gasteiger partial charge < -0.3 is 5.32 Å². The number of nitrogens with one attached hydrogen (secondary N) is 1. The minimum Gasteiger partial charge on any atom is -0.322 e. The lowest BCUT2D eigenvalue weighted by Crippen LogP contribution is -2.20. The molecule has 0 fully saturated rings. The third-order valence-corrected chi connectivity index (χ3v) is 2.45. The van der Waals surface area contributed by atoms with Gasteiger partial charge >= 0.3 is 0 Å². The van der Waals surface area contributed by atoms with Crippen LogP contribution >= 0.6 is 0 Å². The van der Waals surface area contributed by atoms with Gasteiger partial charge in [0, 0.05) is 12.0 Å². The second kappa shape index (κ2) is 5.92. The summed E-state index contributed by atoms with van der Waals surface area (Å²) in [7, 11) is 0. The molecular formula is C13H13FN2O2. The van der Waals surface area contributed by atoms with Crippen molar-refractivity contribution < 1.29 is 14.0 Å². The molecule has 1 N–H and O–H groups in total. The maximum atomic E-state index is 13.5. The third kappa shape index (κ3) is 3.14. The Kier molecular flexibility index (Phi) is 4.55. The number of benzene rings is 1. The SMILES string of the molecule is CCC(=O)c1ccc(F)c(NC(=O)C(C)C#N)c1. The summed E-state index contributed by atoms with van der Waals surface area (Å²) in [4.78, 5) is 22.9. The van der Waals surface area contributed by atoms with Crippen molar-refractivity contribution in [3.05, 3.63) is 29.6 Å². The van der Waals surface area contributed by atoms with E-state index in [1.807, 2.05) is 0 Å². The number of carbonyl (C=O) groups excluding carboxylic acids is 2. The molecule has 4 nitrogen and oxygen atoms in total. The minimum absolute atomic E-state index is 0.0820. The van der Waals surface area contributed by atoms with Gasteiger partial charge in [0.1, 0.15) is 11.7 Å². The summed E-state index contributed by atoms with van der Waals surface area (Å²) in [5, 5.41) is 10.9. The summed E-state index contributed by atoms with van der Waals surface area (Å²) in [6, 6.07) is 5.52. The fourth-order valence-electron chi connectivity index (χ4n) is 1.30. The van der Waals surface area contributed by atoms with Crippen molar-refractivity contribution in [1.82, 2.24) is 0 Å². The fourth-order valence-corrected chi connectivity index (χ4v) is 1.30. The quantitative estimate of drug-likeness (QED) is 0.832. The molecule has 0 aromatic heterocycles. The van der Waals surface area contributed by atoms with Gasteiger partial charge in [-0.05, 0) is 25.1 Å². The van der Waals surface area contributed by atoms with Gasteiger partial charge in [-0.3, -0.25) is 9.59 Å². The minimum atomic E-state index is -0.880. The predicted octanol–water partition coefficient (Wildman–Crippen LogP) is 2.52. The van der Waals surface area contributed by atoms with Crippen LogP contribution in [0.25, 0.3) is 0 Å². The van der Waals surface area contributed by atoms with Crippen molar-refractivity contribution in [2.45, 2.75) is 20.3 Å². The molecule has 5 heteroatoms. The van der Waals surface area contributed by atoms with Crippen molar-refractivity contribution in [3.63, 3.8) is 0 Å². The Bertz CT molecular complexity index is 520. The number of Topliss-reactive ketones (excluding diaryl/α,β-unsaturated/α-hetero) is 1. The molecule has 0 saturated heterocycles. The average Bonchev–Trinajstić information content (AvgIpc) is 2.39. The monoisotopic (exact) mass is 248 g/mol. The second-order valence-corrected chi connectivity index (χ2v) is 3.81.